The van der Waals surface area contributed by atoms with Crippen molar-refractivity contribution >= 4 is 21.9 Å². The fourth-order valence-corrected chi connectivity index (χ4v) is 1.70. The Hall–Kier alpha value is -1.62. The van der Waals surface area contributed by atoms with E-state index in [2.05, 4.69) is 31.2 Å². The van der Waals surface area contributed by atoms with Gasteiger partial charge in [0.25, 0.3) is 0 Å². The first-order chi connectivity index (χ1) is 8.78. The third-order valence-corrected chi connectivity index (χ3v) is 2.81. The van der Waals surface area contributed by atoms with E-state index in [1.807, 2.05) is 31.2 Å². The predicted octanol–water partition coefficient (Wildman–Crippen LogP) is 3.25. The van der Waals surface area contributed by atoms with Crippen molar-refractivity contribution < 1.29 is 4.74 Å². The second-order valence-electron chi connectivity index (χ2n) is 3.63. The molecule has 0 spiro atoms. The van der Waals surface area contributed by atoms with Crippen LogP contribution in [0.15, 0.2) is 41.0 Å². The van der Waals surface area contributed by atoms with Crippen molar-refractivity contribution in [2.24, 2.45) is 0 Å². The zero-order valence-corrected chi connectivity index (χ0v) is 11.6. The van der Waals surface area contributed by atoms with E-state index in [9.17, 15) is 0 Å². The van der Waals surface area contributed by atoms with Crippen LogP contribution in [0.25, 0.3) is 0 Å². The van der Waals surface area contributed by atoms with Crippen molar-refractivity contribution in [2.45, 2.75) is 13.5 Å². The lowest BCUT2D eigenvalue weighted by atomic mass is 10.2. The minimum Gasteiger partial charge on any atom is -0.478 e. The molecule has 0 aliphatic rings. The second kappa shape index (κ2) is 6.35. The zero-order chi connectivity index (χ0) is 12.8. The lowest BCUT2D eigenvalue weighted by Crippen LogP contribution is -2.04. The highest BCUT2D eigenvalue weighted by molar-refractivity contribution is 9.10. The fourth-order valence-electron chi connectivity index (χ4n) is 1.44. The van der Waals surface area contributed by atoms with Gasteiger partial charge in [0.05, 0.1) is 6.61 Å². The van der Waals surface area contributed by atoms with E-state index >= 15 is 0 Å². The molecule has 0 saturated carbocycles. The Morgan fingerprint density at radius 3 is 2.72 bits per heavy atom. The molecule has 2 rings (SSSR count). The first-order valence-electron chi connectivity index (χ1n) is 5.72. The monoisotopic (exact) mass is 307 g/mol. The smallest absolute Gasteiger partial charge is 0.226 e. The van der Waals surface area contributed by atoms with Crippen LogP contribution in [0.5, 0.6) is 5.88 Å². The van der Waals surface area contributed by atoms with Crippen LogP contribution >= 0.6 is 15.9 Å². The Labute approximate surface area is 115 Å². The van der Waals surface area contributed by atoms with Crippen molar-refractivity contribution in [3.05, 3.63) is 46.6 Å². The number of halogens is 1. The summed E-state index contributed by atoms with van der Waals surface area (Å²) >= 11 is 3.41. The molecule has 0 atom stereocenters. The normalized spacial score (nSPS) is 10.1. The van der Waals surface area contributed by atoms with Crippen LogP contribution in [0.4, 0.5) is 5.95 Å². The summed E-state index contributed by atoms with van der Waals surface area (Å²) in [4.78, 5) is 8.38. The van der Waals surface area contributed by atoms with Gasteiger partial charge in [-0.2, -0.15) is 4.98 Å². The lowest BCUT2D eigenvalue weighted by Gasteiger charge is -2.06. The molecule has 0 fully saturated rings. The van der Waals surface area contributed by atoms with Crippen LogP contribution in [0.2, 0.25) is 0 Å². The van der Waals surface area contributed by atoms with Gasteiger partial charge < -0.3 is 10.1 Å². The van der Waals surface area contributed by atoms with Crippen molar-refractivity contribution in [2.75, 3.05) is 11.9 Å². The number of anilines is 1. The van der Waals surface area contributed by atoms with Gasteiger partial charge in [0.15, 0.2) is 0 Å². The lowest BCUT2D eigenvalue weighted by molar-refractivity contribution is 0.326. The maximum absolute atomic E-state index is 5.32. The number of nitrogens with zero attached hydrogens (tertiary/aromatic N) is 2. The second-order valence-corrected chi connectivity index (χ2v) is 4.55. The standard InChI is InChI=1S/C13H14BrN3O/c1-2-18-12-7-8-15-13(17-12)16-9-10-3-5-11(14)6-4-10/h3-8H,2,9H2,1H3,(H,15,16,17). The van der Waals surface area contributed by atoms with Gasteiger partial charge >= 0.3 is 0 Å². The van der Waals surface area contributed by atoms with E-state index < -0.39 is 0 Å². The average molecular weight is 308 g/mol. The molecule has 0 saturated heterocycles. The van der Waals surface area contributed by atoms with Crippen LogP contribution in [0, 0.1) is 0 Å². The first-order valence-corrected chi connectivity index (χ1v) is 6.51. The molecular formula is C13H14BrN3O. The van der Waals surface area contributed by atoms with E-state index in [-0.39, 0.29) is 0 Å². The number of hydrogen-bond donors (Lipinski definition) is 1. The number of aromatic nitrogens is 2. The van der Waals surface area contributed by atoms with Gasteiger partial charge in [-0.15, -0.1) is 0 Å². The summed E-state index contributed by atoms with van der Waals surface area (Å²) in [6.45, 7) is 3.21. The van der Waals surface area contributed by atoms with Crippen LogP contribution in [0.3, 0.4) is 0 Å². The molecule has 0 aliphatic heterocycles. The Morgan fingerprint density at radius 2 is 2.00 bits per heavy atom. The molecule has 1 heterocycles. The molecule has 1 aromatic heterocycles. The molecular weight excluding hydrogens is 294 g/mol. The molecule has 18 heavy (non-hydrogen) atoms. The topological polar surface area (TPSA) is 47.0 Å². The summed E-state index contributed by atoms with van der Waals surface area (Å²) in [6, 6.07) is 9.85. The molecule has 0 amide bonds. The van der Waals surface area contributed by atoms with E-state index in [1.165, 1.54) is 5.56 Å². The molecule has 2 aromatic rings. The van der Waals surface area contributed by atoms with Crippen LogP contribution in [-0.4, -0.2) is 16.6 Å². The highest BCUT2D eigenvalue weighted by Crippen LogP contribution is 2.12. The van der Waals surface area contributed by atoms with E-state index in [0.717, 1.165) is 4.47 Å². The SMILES string of the molecule is CCOc1ccnc(NCc2ccc(Br)cc2)n1. The molecule has 0 radical (unpaired) electrons. The summed E-state index contributed by atoms with van der Waals surface area (Å²) in [7, 11) is 0. The van der Waals surface area contributed by atoms with Crippen molar-refractivity contribution in [1.29, 1.82) is 0 Å². The summed E-state index contributed by atoms with van der Waals surface area (Å²) in [6.07, 6.45) is 1.68. The average Bonchev–Trinajstić information content (AvgIpc) is 2.39. The first kappa shape index (κ1) is 12.8. The third kappa shape index (κ3) is 3.70. The highest BCUT2D eigenvalue weighted by atomic mass is 79.9. The van der Waals surface area contributed by atoms with Crippen LogP contribution in [-0.2, 0) is 6.54 Å². The summed E-state index contributed by atoms with van der Waals surface area (Å²) in [5, 5.41) is 3.16. The van der Waals surface area contributed by atoms with E-state index in [4.69, 9.17) is 4.74 Å². The van der Waals surface area contributed by atoms with Gasteiger partial charge in [0.2, 0.25) is 11.8 Å². The number of rotatable bonds is 5. The van der Waals surface area contributed by atoms with Gasteiger partial charge in [0, 0.05) is 23.3 Å². The van der Waals surface area contributed by atoms with E-state index in [0.29, 0.717) is 25.0 Å². The van der Waals surface area contributed by atoms with Gasteiger partial charge in [-0.1, -0.05) is 28.1 Å². The maximum atomic E-state index is 5.32. The number of ether oxygens (including phenoxy) is 1. The molecule has 0 aliphatic carbocycles. The minimum atomic E-state index is 0.573. The molecule has 94 valence electrons. The van der Waals surface area contributed by atoms with Gasteiger partial charge in [-0.25, -0.2) is 4.98 Å². The summed E-state index contributed by atoms with van der Waals surface area (Å²) in [5.41, 5.74) is 1.17. The maximum Gasteiger partial charge on any atom is 0.226 e. The largest absolute Gasteiger partial charge is 0.478 e. The third-order valence-electron chi connectivity index (χ3n) is 2.29. The number of nitrogens with one attached hydrogen (secondary N) is 1. The molecule has 5 heteroatoms. The van der Waals surface area contributed by atoms with Crippen LogP contribution < -0.4 is 10.1 Å². The highest BCUT2D eigenvalue weighted by Gasteiger charge is 1.99. The van der Waals surface area contributed by atoms with Gasteiger partial charge in [-0.3, -0.25) is 0 Å². The van der Waals surface area contributed by atoms with E-state index in [1.54, 1.807) is 12.3 Å². The molecule has 0 bridgehead atoms. The molecule has 1 aromatic carbocycles. The molecule has 4 nitrogen and oxygen atoms in total. The fraction of sp³-hybridized carbons (Fsp3) is 0.231. The van der Waals surface area contributed by atoms with Gasteiger partial charge in [-0.05, 0) is 24.6 Å². The molecule has 1 N–H and O–H groups in total. The Balaban J connectivity index is 1.97. The number of hydrogen-bond acceptors (Lipinski definition) is 4. The zero-order valence-electron chi connectivity index (χ0n) is 10.1. The predicted molar refractivity (Wildman–Crippen MR) is 74.7 cm³/mol. The van der Waals surface area contributed by atoms with Crippen molar-refractivity contribution in [3.8, 4) is 5.88 Å². The van der Waals surface area contributed by atoms with Crippen LogP contribution in [0.1, 0.15) is 12.5 Å². The Bertz CT molecular complexity index is 502. The Morgan fingerprint density at radius 1 is 1.22 bits per heavy atom. The van der Waals surface area contributed by atoms with Crippen molar-refractivity contribution in [3.63, 3.8) is 0 Å². The quantitative estimate of drug-likeness (QED) is 0.921. The number of benzene rings is 1. The Kier molecular flexibility index (Phi) is 4.52. The van der Waals surface area contributed by atoms with Crippen molar-refractivity contribution in [1.82, 2.24) is 9.97 Å². The summed E-state index contributed by atoms with van der Waals surface area (Å²) in [5.74, 6) is 1.16. The molecule has 0 unspecified atom stereocenters. The van der Waals surface area contributed by atoms with Gasteiger partial charge in [0.1, 0.15) is 0 Å². The minimum absolute atomic E-state index is 0.573. The summed E-state index contributed by atoms with van der Waals surface area (Å²) < 4.78 is 6.39.